The lowest BCUT2D eigenvalue weighted by Crippen LogP contribution is -2.25. The summed E-state index contributed by atoms with van der Waals surface area (Å²) in [4.78, 5) is 16.8. The number of hydrogen-bond donors (Lipinski definition) is 1. The molecule has 9 heteroatoms. The SMILES string of the molecule is COCc1cc(-c2nc(-c3ccc(CN(C)CC(=O)O)c(F)c3)no2)ccc1-c1cccc(F)c1C. The number of halogens is 2. The van der Waals surface area contributed by atoms with Crippen molar-refractivity contribution in [3.63, 3.8) is 0 Å². The molecule has 3 aromatic carbocycles. The molecule has 0 aliphatic rings. The first kappa shape index (κ1) is 25.2. The maximum Gasteiger partial charge on any atom is 0.317 e. The zero-order chi connectivity index (χ0) is 25.8. The molecular formula is C27H25F2N3O4. The Hall–Kier alpha value is -3.95. The molecule has 0 aliphatic heterocycles. The van der Waals surface area contributed by atoms with Gasteiger partial charge in [-0.3, -0.25) is 9.69 Å². The van der Waals surface area contributed by atoms with Gasteiger partial charge in [-0.25, -0.2) is 8.78 Å². The van der Waals surface area contributed by atoms with E-state index in [0.717, 1.165) is 16.7 Å². The highest BCUT2D eigenvalue weighted by Gasteiger charge is 2.17. The Morgan fingerprint density at radius 1 is 1.03 bits per heavy atom. The molecule has 4 rings (SSSR count). The zero-order valence-corrected chi connectivity index (χ0v) is 20.1. The van der Waals surface area contributed by atoms with Crippen molar-refractivity contribution in [1.29, 1.82) is 0 Å². The van der Waals surface area contributed by atoms with E-state index in [0.29, 0.717) is 28.9 Å². The van der Waals surface area contributed by atoms with Crippen molar-refractivity contribution in [3.05, 3.63) is 82.9 Å². The molecule has 0 radical (unpaired) electrons. The minimum Gasteiger partial charge on any atom is -0.480 e. The second kappa shape index (κ2) is 10.8. The van der Waals surface area contributed by atoms with Crippen LogP contribution in [0.2, 0.25) is 0 Å². The fourth-order valence-electron chi connectivity index (χ4n) is 4.01. The van der Waals surface area contributed by atoms with Crippen molar-refractivity contribution in [2.24, 2.45) is 0 Å². The Balaban J connectivity index is 1.61. The molecule has 0 bridgehead atoms. The van der Waals surface area contributed by atoms with Crippen LogP contribution < -0.4 is 0 Å². The van der Waals surface area contributed by atoms with Gasteiger partial charge < -0.3 is 14.4 Å². The third-order valence-corrected chi connectivity index (χ3v) is 5.79. The van der Waals surface area contributed by atoms with Gasteiger partial charge in [-0.05, 0) is 60.5 Å². The Morgan fingerprint density at radius 3 is 2.53 bits per heavy atom. The highest BCUT2D eigenvalue weighted by atomic mass is 19.1. The number of carboxylic acid groups (broad SMARTS) is 1. The predicted molar refractivity (Wildman–Crippen MR) is 130 cm³/mol. The molecular weight excluding hydrogens is 468 g/mol. The number of carboxylic acids is 1. The first-order valence-corrected chi connectivity index (χ1v) is 11.2. The van der Waals surface area contributed by atoms with E-state index >= 15 is 0 Å². The lowest BCUT2D eigenvalue weighted by Gasteiger charge is -2.14. The average molecular weight is 494 g/mol. The van der Waals surface area contributed by atoms with Gasteiger partial charge in [0.05, 0.1) is 13.2 Å². The van der Waals surface area contributed by atoms with Crippen LogP contribution in [-0.2, 0) is 22.7 Å². The molecule has 1 heterocycles. The van der Waals surface area contributed by atoms with Crippen LogP contribution in [0, 0.1) is 18.6 Å². The van der Waals surface area contributed by atoms with Crippen molar-refractivity contribution in [1.82, 2.24) is 15.0 Å². The maximum atomic E-state index is 14.7. The van der Waals surface area contributed by atoms with Gasteiger partial charge in [-0.2, -0.15) is 4.98 Å². The number of aromatic nitrogens is 2. The molecule has 4 aromatic rings. The van der Waals surface area contributed by atoms with E-state index in [1.807, 2.05) is 18.2 Å². The number of carbonyl (C=O) groups is 1. The Morgan fingerprint density at radius 2 is 1.81 bits per heavy atom. The van der Waals surface area contributed by atoms with Gasteiger partial charge in [0.15, 0.2) is 0 Å². The predicted octanol–water partition coefficient (Wildman–Crippen LogP) is 5.32. The molecule has 0 unspecified atom stereocenters. The largest absolute Gasteiger partial charge is 0.480 e. The fraction of sp³-hybridized carbons (Fsp3) is 0.222. The van der Waals surface area contributed by atoms with Crippen molar-refractivity contribution in [3.8, 4) is 34.0 Å². The highest BCUT2D eigenvalue weighted by molar-refractivity contribution is 5.74. The smallest absolute Gasteiger partial charge is 0.317 e. The van der Waals surface area contributed by atoms with Gasteiger partial charge in [0.25, 0.3) is 5.89 Å². The summed E-state index contributed by atoms with van der Waals surface area (Å²) in [6.07, 6.45) is 0. The van der Waals surface area contributed by atoms with Gasteiger partial charge in [-0.1, -0.05) is 35.5 Å². The van der Waals surface area contributed by atoms with Gasteiger partial charge in [-0.15, -0.1) is 0 Å². The van der Waals surface area contributed by atoms with E-state index < -0.39 is 11.8 Å². The lowest BCUT2D eigenvalue weighted by molar-refractivity contribution is -0.138. The first-order valence-electron chi connectivity index (χ1n) is 11.2. The molecule has 186 valence electrons. The zero-order valence-electron chi connectivity index (χ0n) is 20.1. The minimum absolute atomic E-state index is 0.148. The number of aliphatic carboxylic acids is 1. The van der Waals surface area contributed by atoms with Crippen molar-refractivity contribution >= 4 is 5.97 Å². The molecule has 0 saturated carbocycles. The van der Waals surface area contributed by atoms with Crippen LogP contribution in [0.25, 0.3) is 34.0 Å². The van der Waals surface area contributed by atoms with Crippen molar-refractivity contribution < 1.29 is 27.9 Å². The molecule has 0 fully saturated rings. The van der Waals surface area contributed by atoms with E-state index in [4.69, 9.17) is 14.4 Å². The number of ether oxygens (including phenoxy) is 1. The fourth-order valence-corrected chi connectivity index (χ4v) is 4.01. The van der Waals surface area contributed by atoms with E-state index in [-0.39, 0.29) is 30.6 Å². The molecule has 0 spiro atoms. The summed E-state index contributed by atoms with van der Waals surface area (Å²) in [5, 5.41) is 12.9. The molecule has 0 atom stereocenters. The van der Waals surface area contributed by atoms with Crippen LogP contribution >= 0.6 is 0 Å². The van der Waals surface area contributed by atoms with Crippen molar-refractivity contribution in [2.75, 3.05) is 20.7 Å². The monoisotopic (exact) mass is 493 g/mol. The summed E-state index contributed by atoms with van der Waals surface area (Å²) in [5.74, 6) is -1.30. The topological polar surface area (TPSA) is 88.7 Å². The van der Waals surface area contributed by atoms with Crippen LogP contribution in [0.4, 0.5) is 8.78 Å². The number of hydrogen-bond acceptors (Lipinski definition) is 6. The van der Waals surface area contributed by atoms with E-state index in [9.17, 15) is 13.6 Å². The number of benzene rings is 3. The van der Waals surface area contributed by atoms with Gasteiger partial charge in [0.2, 0.25) is 5.82 Å². The van der Waals surface area contributed by atoms with Crippen LogP contribution in [0.3, 0.4) is 0 Å². The molecule has 36 heavy (non-hydrogen) atoms. The second-order valence-electron chi connectivity index (χ2n) is 8.51. The third-order valence-electron chi connectivity index (χ3n) is 5.79. The summed E-state index contributed by atoms with van der Waals surface area (Å²) >= 11 is 0. The average Bonchev–Trinajstić information content (AvgIpc) is 3.32. The standard InChI is InChI=1S/C27H25F2N3O4/c1-16-21(5-4-6-23(16)28)22-10-9-18(11-20(22)15-35-3)27-30-26(31-36-27)17-7-8-19(24(29)12-17)13-32(2)14-25(33)34/h4-12H,13-15H2,1-3H3,(H,33,34). The summed E-state index contributed by atoms with van der Waals surface area (Å²) in [5.41, 5.74) is 4.40. The van der Waals surface area contributed by atoms with E-state index in [1.165, 1.54) is 17.0 Å². The molecule has 0 aliphatic carbocycles. The highest BCUT2D eigenvalue weighted by Crippen LogP contribution is 2.32. The summed E-state index contributed by atoms with van der Waals surface area (Å²) in [7, 11) is 3.18. The summed E-state index contributed by atoms with van der Waals surface area (Å²) < 4.78 is 39.6. The lowest BCUT2D eigenvalue weighted by atomic mass is 9.94. The van der Waals surface area contributed by atoms with E-state index in [1.54, 1.807) is 45.3 Å². The summed E-state index contributed by atoms with van der Waals surface area (Å²) in [6, 6.07) is 15.0. The Bertz CT molecular complexity index is 1400. The maximum absolute atomic E-state index is 14.7. The normalized spacial score (nSPS) is 11.3. The number of likely N-dealkylation sites (N-methyl/N-ethyl adjacent to an activating group) is 1. The van der Waals surface area contributed by atoms with Gasteiger partial charge >= 0.3 is 5.97 Å². The quantitative estimate of drug-likeness (QED) is 0.338. The van der Waals surface area contributed by atoms with Crippen molar-refractivity contribution in [2.45, 2.75) is 20.1 Å². The number of rotatable bonds is 9. The number of nitrogens with zero attached hydrogens (tertiary/aromatic N) is 3. The third kappa shape index (κ3) is 5.48. The molecule has 7 nitrogen and oxygen atoms in total. The van der Waals surface area contributed by atoms with Crippen LogP contribution in [-0.4, -0.2) is 46.8 Å². The molecule has 1 aromatic heterocycles. The Labute approximate surface area is 207 Å². The van der Waals surface area contributed by atoms with Gasteiger partial charge in [0.1, 0.15) is 11.6 Å². The second-order valence-corrected chi connectivity index (χ2v) is 8.51. The molecule has 1 N–H and O–H groups in total. The van der Waals surface area contributed by atoms with E-state index in [2.05, 4.69) is 10.1 Å². The van der Waals surface area contributed by atoms with Crippen LogP contribution in [0.15, 0.2) is 59.1 Å². The van der Waals surface area contributed by atoms with Crippen LogP contribution in [0.5, 0.6) is 0 Å². The molecule has 0 saturated heterocycles. The molecule has 0 amide bonds. The van der Waals surface area contributed by atoms with Crippen LogP contribution in [0.1, 0.15) is 16.7 Å². The number of methoxy groups -OCH3 is 1. The minimum atomic E-state index is -0.985. The van der Waals surface area contributed by atoms with Gasteiger partial charge in [0, 0.05) is 30.3 Å². The first-order chi connectivity index (χ1) is 17.3. The summed E-state index contributed by atoms with van der Waals surface area (Å²) in [6.45, 7) is 1.98. The Kier molecular flexibility index (Phi) is 7.52.